The minimum atomic E-state index is -1.03. The molecule has 1 aromatic carbocycles. The van der Waals surface area contributed by atoms with Crippen LogP contribution >= 0.6 is 15.9 Å². The first-order chi connectivity index (χ1) is 8.52. The highest BCUT2D eigenvalue weighted by Gasteiger charge is 2.12. The SMILES string of the molecule is COc1c(C)cc(-c2cc(C(=O)O)[nH]n2)cc1Br. The van der Waals surface area contributed by atoms with E-state index in [0.29, 0.717) is 5.69 Å². The van der Waals surface area contributed by atoms with Crippen molar-refractivity contribution in [3.05, 3.63) is 33.9 Å². The monoisotopic (exact) mass is 310 g/mol. The predicted octanol–water partition coefficient (Wildman–Crippen LogP) is 2.85. The number of H-pyrrole nitrogens is 1. The van der Waals surface area contributed by atoms with Crippen LogP contribution in [-0.2, 0) is 0 Å². The lowest BCUT2D eigenvalue weighted by molar-refractivity contribution is 0.0690. The summed E-state index contributed by atoms with van der Waals surface area (Å²) in [6, 6.07) is 5.23. The second-order valence-corrected chi connectivity index (χ2v) is 4.63. The van der Waals surface area contributed by atoms with Crippen LogP contribution in [0.2, 0.25) is 0 Å². The number of carbonyl (C=O) groups is 1. The summed E-state index contributed by atoms with van der Waals surface area (Å²) in [6.45, 7) is 1.91. The van der Waals surface area contributed by atoms with E-state index in [9.17, 15) is 4.79 Å². The smallest absolute Gasteiger partial charge is 0.353 e. The zero-order chi connectivity index (χ0) is 13.3. The van der Waals surface area contributed by atoms with E-state index in [4.69, 9.17) is 9.84 Å². The molecule has 0 atom stereocenters. The zero-order valence-corrected chi connectivity index (χ0v) is 11.4. The fraction of sp³-hybridized carbons (Fsp3) is 0.167. The molecule has 0 unspecified atom stereocenters. The Morgan fingerprint density at radius 3 is 2.67 bits per heavy atom. The van der Waals surface area contributed by atoms with Crippen LogP contribution in [0.1, 0.15) is 16.1 Å². The molecule has 6 heteroatoms. The molecule has 18 heavy (non-hydrogen) atoms. The number of nitrogens with one attached hydrogen (secondary N) is 1. The molecule has 2 N–H and O–H groups in total. The Morgan fingerprint density at radius 1 is 1.44 bits per heavy atom. The second kappa shape index (κ2) is 4.81. The van der Waals surface area contributed by atoms with Crippen molar-refractivity contribution in [1.82, 2.24) is 10.2 Å². The van der Waals surface area contributed by atoms with Gasteiger partial charge in [-0.3, -0.25) is 5.10 Å². The Kier molecular flexibility index (Phi) is 3.38. The van der Waals surface area contributed by atoms with Crippen LogP contribution in [0.25, 0.3) is 11.3 Å². The molecular weight excluding hydrogens is 300 g/mol. The van der Waals surface area contributed by atoms with E-state index in [-0.39, 0.29) is 5.69 Å². The number of benzene rings is 1. The van der Waals surface area contributed by atoms with Gasteiger partial charge in [-0.25, -0.2) is 4.79 Å². The van der Waals surface area contributed by atoms with Gasteiger partial charge in [0.15, 0.2) is 0 Å². The van der Waals surface area contributed by atoms with Crippen molar-refractivity contribution in [3.8, 4) is 17.0 Å². The lowest BCUT2D eigenvalue weighted by Crippen LogP contribution is -1.95. The first kappa shape index (κ1) is 12.6. The third kappa shape index (κ3) is 2.24. The fourth-order valence-corrected chi connectivity index (χ4v) is 2.44. The number of hydrogen-bond acceptors (Lipinski definition) is 3. The van der Waals surface area contributed by atoms with Gasteiger partial charge < -0.3 is 9.84 Å². The van der Waals surface area contributed by atoms with Gasteiger partial charge in [-0.05, 0) is 46.6 Å². The second-order valence-electron chi connectivity index (χ2n) is 3.78. The maximum Gasteiger partial charge on any atom is 0.353 e. The Hall–Kier alpha value is -1.82. The third-order valence-corrected chi connectivity index (χ3v) is 3.13. The van der Waals surface area contributed by atoms with E-state index >= 15 is 0 Å². The van der Waals surface area contributed by atoms with Gasteiger partial charge >= 0.3 is 5.97 Å². The molecule has 0 fully saturated rings. The Bertz CT molecular complexity index is 584. The number of carboxylic acid groups (broad SMARTS) is 1. The molecule has 94 valence electrons. The summed E-state index contributed by atoms with van der Waals surface area (Å²) in [6.07, 6.45) is 0. The molecule has 0 aliphatic heterocycles. The first-order valence-corrected chi connectivity index (χ1v) is 5.95. The van der Waals surface area contributed by atoms with Gasteiger partial charge in [-0.2, -0.15) is 5.10 Å². The van der Waals surface area contributed by atoms with Crippen molar-refractivity contribution in [2.75, 3.05) is 7.11 Å². The molecule has 1 aromatic heterocycles. The van der Waals surface area contributed by atoms with Crippen LogP contribution in [0.3, 0.4) is 0 Å². The summed E-state index contributed by atoms with van der Waals surface area (Å²) >= 11 is 3.41. The molecule has 1 heterocycles. The highest BCUT2D eigenvalue weighted by molar-refractivity contribution is 9.10. The Labute approximate surface area is 112 Å². The van der Waals surface area contributed by atoms with Gasteiger partial charge in [0, 0.05) is 5.56 Å². The van der Waals surface area contributed by atoms with E-state index in [1.54, 1.807) is 7.11 Å². The van der Waals surface area contributed by atoms with Crippen molar-refractivity contribution < 1.29 is 14.6 Å². The Morgan fingerprint density at radius 2 is 2.17 bits per heavy atom. The molecule has 0 aliphatic carbocycles. The average molecular weight is 311 g/mol. The number of aryl methyl sites for hydroxylation is 1. The number of methoxy groups -OCH3 is 1. The Balaban J connectivity index is 2.47. The lowest BCUT2D eigenvalue weighted by atomic mass is 10.1. The summed E-state index contributed by atoms with van der Waals surface area (Å²) in [5.74, 6) is -0.272. The highest BCUT2D eigenvalue weighted by atomic mass is 79.9. The van der Waals surface area contributed by atoms with E-state index < -0.39 is 5.97 Å². The number of carboxylic acids is 1. The number of aromatic carboxylic acids is 1. The molecule has 2 aromatic rings. The number of nitrogens with zero attached hydrogens (tertiary/aromatic N) is 1. The van der Waals surface area contributed by atoms with Crippen LogP contribution in [0.15, 0.2) is 22.7 Å². The summed E-state index contributed by atoms with van der Waals surface area (Å²) in [5.41, 5.74) is 2.42. The molecule has 0 bridgehead atoms. The first-order valence-electron chi connectivity index (χ1n) is 5.16. The molecule has 5 nitrogen and oxygen atoms in total. The molecule has 0 saturated heterocycles. The quantitative estimate of drug-likeness (QED) is 0.914. The molecular formula is C12H11BrN2O3. The number of aromatic amines is 1. The summed E-state index contributed by atoms with van der Waals surface area (Å²) in [5, 5.41) is 15.3. The number of rotatable bonds is 3. The van der Waals surface area contributed by atoms with Gasteiger partial charge in [-0.1, -0.05) is 0 Å². The minimum Gasteiger partial charge on any atom is -0.495 e. The van der Waals surface area contributed by atoms with Crippen molar-refractivity contribution in [3.63, 3.8) is 0 Å². The van der Waals surface area contributed by atoms with Crippen LogP contribution < -0.4 is 4.74 Å². The fourth-order valence-electron chi connectivity index (χ4n) is 1.72. The topological polar surface area (TPSA) is 75.2 Å². The van der Waals surface area contributed by atoms with Crippen LogP contribution in [0, 0.1) is 6.92 Å². The highest BCUT2D eigenvalue weighted by Crippen LogP contribution is 2.33. The molecule has 0 amide bonds. The predicted molar refractivity (Wildman–Crippen MR) is 70.0 cm³/mol. The van der Waals surface area contributed by atoms with Gasteiger partial charge in [-0.15, -0.1) is 0 Å². The van der Waals surface area contributed by atoms with Gasteiger partial charge in [0.05, 0.1) is 17.3 Å². The molecule has 0 radical (unpaired) electrons. The number of aromatic nitrogens is 2. The maximum atomic E-state index is 10.8. The standard InChI is InChI=1S/C12H11BrN2O3/c1-6-3-7(4-8(13)11(6)18-2)9-5-10(12(16)17)15-14-9/h3-5H,1-2H3,(H,14,15)(H,16,17). The van der Waals surface area contributed by atoms with E-state index in [1.165, 1.54) is 6.07 Å². The number of hydrogen-bond donors (Lipinski definition) is 2. The molecule has 0 saturated carbocycles. The van der Waals surface area contributed by atoms with Crippen LogP contribution in [0.5, 0.6) is 5.75 Å². The largest absolute Gasteiger partial charge is 0.495 e. The number of ether oxygens (including phenoxy) is 1. The molecule has 0 spiro atoms. The number of halogens is 1. The van der Waals surface area contributed by atoms with E-state index in [1.807, 2.05) is 19.1 Å². The average Bonchev–Trinajstić information content (AvgIpc) is 2.77. The maximum absolute atomic E-state index is 10.8. The summed E-state index contributed by atoms with van der Waals surface area (Å²) in [4.78, 5) is 10.8. The zero-order valence-electron chi connectivity index (χ0n) is 9.82. The van der Waals surface area contributed by atoms with Gasteiger partial charge in [0.25, 0.3) is 0 Å². The summed E-state index contributed by atoms with van der Waals surface area (Å²) in [7, 11) is 1.60. The van der Waals surface area contributed by atoms with Crippen LogP contribution in [0.4, 0.5) is 0 Å². The molecule has 0 aliphatic rings. The molecule has 2 rings (SSSR count). The summed E-state index contributed by atoms with van der Waals surface area (Å²) < 4.78 is 6.05. The third-order valence-electron chi connectivity index (χ3n) is 2.54. The van der Waals surface area contributed by atoms with Crippen molar-refractivity contribution in [1.29, 1.82) is 0 Å². The van der Waals surface area contributed by atoms with Gasteiger partial charge in [0.1, 0.15) is 11.4 Å². The van der Waals surface area contributed by atoms with Crippen molar-refractivity contribution >= 4 is 21.9 Å². The van der Waals surface area contributed by atoms with Crippen molar-refractivity contribution in [2.24, 2.45) is 0 Å². The minimum absolute atomic E-state index is 0.0644. The lowest BCUT2D eigenvalue weighted by Gasteiger charge is -2.08. The van der Waals surface area contributed by atoms with E-state index in [0.717, 1.165) is 21.3 Å². The van der Waals surface area contributed by atoms with Crippen LogP contribution in [-0.4, -0.2) is 28.4 Å². The van der Waals surface area contributed by atoms with Gasteiger partial charge in [0.2, 0.25) is 0 Å². The van der Waals surface area contributed by atoms with Crippen molar-refractivity contribution in [2.45, 2.75) is 6.92 Å². The normalized spacial score (nSPS) is 10.4. The van der Waals surface area contributed by atoms with E-state index in [2.05, 4.69) is 26.1 Å².